The van der Waals surface area contributed by atoms with E-state index in [1.54, 1.807) is 12.1 Å². The van der Waals surface area contributed by atoms with Crippen molar-refractivity contribution in [2.24, 2.45) is 11.7 Å². The lowest BCUT2D eigenvalue weighted by Gasteiger charge is -2.12. The van der Waals surface area contributed by atoms with Gasteiger partial charge in [0.1, 0.15) is 0 Å². The van der Waals surface area contributed by atoms with Crippen LogP contribution in [0.1, 0.15) is 32.6 Å². The lowest BCUT2D eigenvalue weighted by atomic mass is 10.1. The predicted octanol–water partition coefficient (Wildman–Crippen LogP) is 1.86. The first-order valence-electron chi connectivity index (χ1n) is 7.58. The first-order chi connectivity index (χ1) is 10.4. The highest BCUT2D eigenvalue weighted by Crippen LogP contribution is 2.28. The second-order valence-corrected chi connectivity index (χ2v) is 7.47. The Hall–Kier alpha value is -1.15. The molecule has 1 saturated carbocycles. The minimum atomic E-state index is -3.47. The van der Waals surface area contributed by atoms with Crippen LogP contribution in [0, 0.1) is 5.92 Å². The lowest BCUT2D eigenvalue weighted by Crippen LogP contribution is -2.35. The van der Waals surface area contributed by atoms with Crippen LogP contribution < -0.4 is 15.8 Å². The Bertz CT molecular complexity index is 615. The highest BCUT2D eigenvalue weighted by molar-refractivity contribution is 7.89. The minimum absolute atomic E-state index is 0. The molecule has 1 fully saturated rings. The number of halogens is 1. The molecule has 1 aliphatic carbocycles. The van der Waals surface area contributed by atoms with Gasteiger partial charge in [-0.15, -0.1) is 12.4 Å². The van der Waals surface area contributed by atoms with Gasteiger partial charge in [-0.3, -0.25) is 4.79 Å². The zero-order chi connectivity index (χ0) is 16.2. The van der Waals surface area contributed by atoms with Gasteiger partial charge in [0.15, 0.2) is 0 Å². The molecule has 0 bridgehead atoms. The van der Waals surface area contributed by atoms with Crippen LogP contribution in [0.5, 0.6) is 0 Å². The summed E-state index contributed by atoms with van der Waals surface area (Å²) < 4.78 is 26.7. The molecule has 8 heteroatoms. The number of carbonyl (C=O) groups excluding carboxylic acids is 1. The van der Waals surface area contributed by atoms with Crippen LogP contribution in [0.15, 0.2) is 29.2 Å². The molecule has 2 rings (SSSR count). The average Bonchev–Trinajstić information content (AvgIpc) is 3.30. The number of nitrogens with one attached hydrogen (secondary N) is 2. The summed E-state index contributed by atoms with van der Waals surface area (Å²) in [5.41, 5.74) is 6.27. The fourth-order valence-corrected chi connectivity index (χ4v) is 3.14. The molecule has 23 heavy (non-hydrogen) atoms. The smallest absolute Gasteiger partial charge is 0.241 e. The van der Waals surface area contributed by atoms with E-state index in [-0.39, 0.29) is 23.2 Å². The molecule has 0 radical (unpaired) electrons. The first kappa shape index (κ1) is 19.9. The minimum Gasteiger partial charge on any atom is -0.325 e. The molecular formula is C15H24ClN3O3S. The second kappa shape index (κ2) is 8.63. The number of sulfonamides is 1. The van der Waals surface area contributed by atoms with Crippen LogP contribution in [0.3, 0.4) is 0 Å². The summed E-state index contributed by atoms with van der Waals surface area (Å²) in [5.74, 6) is 0.220. The van der Waals surface area contributed by atoms with Crippen molar-refractivity contribution in [2.75, 3.05) is 11.9 Å². The standard InChI is InChI=1S/C15H23N3O3S.ClH/c1-2-3-14(16)15(19)18-12-6-8-13(9-7-12)22(20,21)17-10-11-4-5-11;/h6-9,11,14,17H,2-5,10,16H2,1H3,(H,18,19);1H. The summed E-state index contributed by atoms with van der Waals surface area (Å²) in [6.07, 6.45) is 3.62. The van der Waals surface area contributed by atoms with Gasteiger partial charge in [0.05, 0.1) is 10.9 Å². The Kier molecular flexibility index (Phi) is 7.47. The normalized spacial score (nSPS) is 15.6. The van der Waals surface area contributed by atoms with E-state index in [0.29, 0.717) is 24.6 Å². The van der Waals surface area contributed by atoms with Crippen molar-refractivity contribution in [3.8, 4) is 0 Å². The van der Waals surface area contributed by atoms with Crippen LogP contribution >= 0.6 is 12.4 Å². The van der Waals surface area contributed by atoms with Gasteiger partial charge >= 0.3 is 0 Å². The summed E-state index contributed by atoms with van der Waals surface area (Å²) in [7, 11) is -3.47. The van der Waals surface area contributed by atoms with Gasteiger partial charge in [-0.2, -0.15) is 0 Å². The third kappa shape index (κ3) is 6.10. The van der Waals surface area contributed by atoms with Crippen molar-refractivity contribution in [1.82, 2.24) is 4.72 Å². The molecule has 0 saturated heterocycles. The van der Waals surface area contributed by atoms with Gasteiger partial charge in [-0.05, 0) is 49.4 Å². The molecule has 4 N–H and O–H groups in total. The van der Waals surface area contributed by atoms with Crippen LogP contribution in [0.25, 0.3) is 0 Å². The summed E-state index contributed by atoms with van der Waals surface area (Å²) >= 11 is 0. The fourth-order valence-electron chi connectivity index (χ4n) is 2.03. The highest BCUT2D eigenvalue weighted by Gasteiger charge is 2.24. The van der Waals surface area contributed by atoms with Crippen molar-refractivity contribution in [2.45, 2.75) is 43.5 Å². The average molecular weight is 362 g/mol. The van der Waals surface area contributed by atoms with Gasteiger partial charge in [-0.25, -0.2) is 13.1 Å². The van der Waals surface area contributed by atoms with Crippen molar-refractivity contribution in [3.05, 3.63) is 24.3 Å². The van der Waals surface area contributed by atoms with Gasteiger partial charge < -0.3 is 11.1 Å². The third-order valence-electron chi connectivity index (χ3n) is 3.63. The van der Waals surface area contributed by atoms with Crippen molar-refractivity contribution >= 4 is 34.0 Å². The number of carbonyl (C=O) groups is 1. The Labute approximate surface area is 143 Å². The maximum Gasteiger partial charge on any atom is 0.241 e. The van der Waals surface area contributed by atoms with E-state index in [1.807, 2.05) is 6.92 Å². The van der Waals surface area contributed by atoms with Crippen molar-refractivity contribution in [3.63, 3.8) is 0 Å². The Morgan fingerprint density at radius 3 is 2.43 bits per heavy atom. The lowest BCUT2D eigenvalue weighted by molar-refractivity contribution is -0.117. The van der Waals surface area contributed by atoms with Crippen LogP contribution in [-0.2, 0) is 14.8 Å². The zero-order valence-corrected chi connectivity index (χ0v) is 14.8. The highest BCUT2D eigenvalue weighted by atomic mass is 35.5. The van der Waals surface area contributed by atoms with Gasteiger partial charge in [-0.1, -0.05) is 13.3 Å². The number of nitrogens with two attached hydrogens (primary N) is 1. The van der Waals surface area contributed by atoms with Gasteiger partial charge in [0.2, 0.25) is 15.9 Å². The Morgan fingerprint density at radius 1 is 1.30 bits per heavy atom. The molecule has 6 nitrogen and oxygen atoms in total. The van der Waals surface area contributed by atoms with Crippen molar-refractivity contribution in [1.29, 1.82) is 0 Å². The molecule has 0 heterocycles. The maximum atomic E-state index is 12.1. The first-order valence-corrected chi connectivity index (χ1v) is 9.07. The Balaban J connectivity index is 0.00000264. The van der Waals surface area contributed by atoms with Gasteiger partial charge in [0, 0.05) is 12.2 Å². The van der Waals surface area contributed by atoms with Crippen LogP contribution in [0.2, 0.25) is 0 Å². The number of amides is 1. The predicted molar refractivity (Wildman–Crippen MR) is 93.1 cm³/mol. The Morgan fingerprint density at radius 2 is 1.91 bits per heavy atom. The zero-order valence-electron chi connectivity index (χ0n) is 13.1. The second-order valence-electron chi connectivity index (χ2n) is 5.70. The van der Waals surface area contributed by atoms with E-state index in [4.69, 9.17) is 5.73 Å². The monoisotopic (exact) mass is 361 g/mol. The van der Waals surface area contributed by atoms with Crippen LogP contribution in [0.4, 0.5) is 5.69 Å². The summed E-state index contributed by atoms with van der Waals surface area (Å²) in [6, 6.07) is 5.56. The van der Waals surface area contributed by atoms with E-state index in [9.17, 15) is 13.2 Å². The number of rotatable bonds is 8. The molecule has 1 aliphatic rings. The number of anilines is 1. The molecule has 0 aromatic heterocycles. The largest absolute Gasteiger partial charge is 0.325 e. The SMILES string of the molecule is CCCC(N)C(=O)Nc1ccc(S(=O)(=O)NCC2CC2)cc1.Cl. The molecule has 0 aliphatic heterocycles. The summed E-state index contributed by atoms with van der Waals surface area (Å²) in [5, 5.41) is 2.69. The molecule has 1 atom stereocenters. The number of benzene rings is 1. The summed E-state index contributed by atoms with van der Waals surface area (Å²) in [6.45, 7) is 2.45. The number of hydrogen-bond donors (Lipinski definition) is 3. The van der Waals surface area contributed by atoms with E-state index in [1.165, 1.54) is 12.1 Å². The van der Waals surface area contributed by atoms with E-state index in [0.717, 1.165) is 19.3 Å². The number of hydrogen-bond acceptors (Lipinski definition) is 4. The van der Waals surface area contributed by atoms with Crippen LogP contribution in [-0.4, -0.2) is 26.9 Å². The fraction of sp³-hybridized carbons (Fsp3) is 0.533. The molecule has 130 valence electrons. The molecule has 1 unspecified atom stereocenters. The summed E-state index contributed by atoms with van der Waals surface area (Å²) in [4.78, 5) is 12.0. The van der Waals surface area contributed by atoms with E-state index in [2.05, 4.69) is 10.0 Å². The van der Waals surface area contributed by atoms with E-state index < -0.39 is 16.1 Å². The van der Waals surface area contributed by atoms with Crippen molar-refractivity contribution < 1.29 is 13.2 Å². The molecule has 1 aromatic carbocycles. The van der Waals surface area contributed by atoms with E-state index >= 15 is 0 Å². The molecule has 1 amide bonds. The maximum absolute atomic E-state index is 12.1. The molecule has 1 aromatic rings. The topological polar surface area (TPSA) is 101 Å². The van der Waals surface area contributed by atoms with Gasteiger partial charge in [0.25, 0.3) is 0 Å². The molecule has 0 spiro atoms. The molecular weight excluding hydrogens is 338 g/mol. The third-order valence-corrected chi connectivity index (χ3v) is 5.07. The quantitative estimate of drug-likeness (QED) is 0.657.